The van der Waals surface area contributed by atoms with Crippen LogP contribution in [0.3, 0.4) is 0 Å². The zero-order chi connectivity index (χ0) is 16.9. The second-order valence-corrected chi connectivity index (χ2v) is 6.17. The third-order valence-electron chi connectivity index (χ3n) is 4.12. The summed E-state index contributed by atoms with van der Waals surface area (Å²) in [5.74, 6) is -0.0125. The van der Waals surface area contributed by atoms with Crippen molar-refractivity contribution in [2.75, 3.05) is 7.05 Å². The van der Waals surface area contributed by atoms with Crippen LogP contribution in [0.1, 0.15) is 35.3 Å². The van der Waals surface area contributed by atoms with Crippen LogP contribution in [0.25, 0.3) is 0 Å². The van der Waals surface area contributed by atoms with Crippen LogP contribution in [0.15, 0.2) is 72.2 Å². The predicted molar refractivity (Wildman–Crippen MR) is 97.5 cm³/mol. The number of Topliss-reactive ketones (excluding diaryl/α,β-unsaturated/α-hetero) is 1. The molecule has 0 aliphatic rings. The van der Waals surface area contributed by atoms with Crippen LogP contribution in [-0.2, 0) is 11.8 Å². The molecule has 23 heavy (non-hydrogen) atoms. The lowest BCUT2D eigenvalue weighted by Crippen LogP contribution is -2.18. The highest BCUT2D eigenvalue weighted by Gasteiger charge is 2.18. The van der Waals surface area contributed by atoms with Crippen LogP contribution in [0.4, 0.5) is 0 Å². The molecule has 0 amide bonds. The van der Waals surface area contributed by atoms with Crippen molar-refractivity contribution in [2.24, 2.45) is 4.99 Å². The van der Waals surface area contributed by atoms with Crippen molar-refractivity contribution >= 4 is 11.5 Å². The van der Waals surface area contributed by atoms with E-state index in [4.69, 9.17) is 0 Å². The first kappa shape index (κ1) is 16.9. The van der Waals surface area contributed by atoms with Gasteiger partial charge in [-0.25, -0.2) is 0 Å². The van der Waals surface area contributed by atoms with Crippen molar-refractivity contribution in [3.8, 4) is 0 Å². The number of carbonyl (C=O) groups is 1. The number of nitrogens with zero attached hydrogens (tertiary/aromatic N) is 1. The number of hydrogen-bond acceptors (Lipinski definition) is 2. The molecule has 0 spiro atoms. The number of carbonyl (C=O) groups excluding carboxylic acids is 1. The Morgan fingerprint density at radius 3 is 2.43 bits per heavy atom. The van der Waals surface area contributed by atoms with E-state index in [0.717, 1.165) is 5.56 Å². The summed E-state index contributed by atoms with van der Waals surface area (Å²) < 4.78 is 0. The van der Waals surface area contributed by atoms with Crippen LogP contribution >= 0.6 is 0 Å². The van der Waals surface area contributed by atoms with Crippen molar-refractivity contribution < 1.29 is 4.79 Å². The fourth-order valence-corrected chi connectivity index (χ4v) is 2.41. The molecular weight excluding hydrogens is 282 g/mol. The molecule has 0 heterocycles. The lowest BCUT2D eigenvalue weighted by atomic mass is 9.83. The van der Waals surface area contributed by atoms with E-state index in [1.165, 1.54) is 5.56 Å². The summed E-state index contributed by atoms with van der Waals surface area (Å²) in [4.78, 5) is 16.8. The summed E-state index contributed by atoms with van der Waals surface area (Å²) >= 11 is 0. The van der Waals surface area contributed by atoms with Gasteiger partial charge in [-0.3, -0.25) is 9.79 Å². The zero-order valence-corrected chi connectivity index (χ0v) is 14.0. The minimum Gasteiger partial charge on any atom is -0.289 e. The lowest BCUT2D eigenvalue weighted by molar-refractivity contribution is 0.106. The highest BCUT2D eigenvalue weighted by Crippen LogP contribution is 2.25. The maximum Gasteiger partial charge on any atom is 0.207 e. The second kappa shape index (κ2) is 7.19. The molecule has 2 aromatic carbocycles. The number of allylic oxidation sites excluding steroid dienone is 1. The van der Waals surface area contributed by atoms with Gasteiger partial charge in [0.05, 0.1) is 5.71 Å². The SMILES string of the molecule is C=CC(C)(C)c1cccc(CC(=NC)C(=O)c2ccccc2)c1. The molecular formula is C21H23NO. The fourth-order valence-electron chi connectivity index (χ4n) is 2.41. The van der Waals surface area contributed by atoms with E-state index in [9.17, 15) is 4.79 Å². The van der Waals surface area contributed by atoms with E-state index in [1.54, 1.807) is 7.05 Å². The van der Waals surface area contributed by atoms with E-state index in [1.807, 2.05) is 48.5 Å². The Hall–Kier alpha value is -2.48. The lowest BCUT2D eigenvalue weighted by Gasteiger charge is -2.21. The molecule has 2 rings (SSSR count). The van der Waals surface area contributed by atoms with Gasteiger partial charge >= 0.3 is 0 Å². The monoisotopic (exact) mass is 305 g/mol. The number of rotatable bonds is 6. The standard InChI is InChI=1S/C21H23NO/c1-5-21(2,3)18-13-9-10-16(14-18)15-19(22-4)20(23)17-11-7-6-8-12-17/h5-14H,1,15H2,2-4H3. The molecule has 0 N–H and O–H groups in total. The van der Waals surface area contributed by atoms with Crippen molar-refractivity contribution in [2.45, 2.75) is 25.7 Å². The van der Waals surface area contributed by atoms with Gasteiger partial charge in [-0.05, 0) is 11.1 Å². The van der Waals surface area contributed by atoms with Gasteiger partial charge < -0.3 is 0 Å². The van der Waals surface area contributed by atoms with E-state index in [0.29, 0.717) is 17.7 Å². The summed E-state index contributed by atoms with van der Waals surface area (Å²) in [6.07, 6.45) is 2.47. The van der Waals surface area contributed by atoms with E-state index in [2.05, 4.69) is 37.6 Å². The van der Waals surface area contributed by atoms with Crippen molar-refractivity contribution in [1.82, 2.24) is 0 Å². The average Bonchev–Trinajstić information content (AvgIpc) is 2.60. The number of aliphatic imine (C=N–C) groups is 1. The summed E-state index contributed by atoms with van der Waals surface area (Å²) in [5.41, 5.74) is 3.43. The molecule has 0 aliphatic heterocycles. The van der Waals surface area contributed by atoms with Gasteiger partial charge in [0, 0.05) is 24.4 Å². The van der Waals surface area contributed by atoms with Crippen molar-refractivity contribution in [3.63, 3.8) is 0 Å². The summed E-state index contributed by atoms with van der Waals surface area (Å²) in [6.45, 7) is 8.16. The zero-order valence-electron chi connectivity index (χ0n) is 14.0. The van der Waals surface area contributed by atoms with E-state index >= 15 is 0 Å². The maximum absolute atomic E-state index is 12.6. The number of benzene rings is 2. The first-order valence-corrected chi connectivity index (χ1v) is 7.76. The van der Waals surface area contributed by atoms with E-state index < -0.39 is 0 Å². The molecule has 2 aromatic rings. The Bertz CT molecular complexity index is 727. The average molecular weight is 305 g/mol. The Balaban J connectivity index is 2.25. The Kier molecular flexibility index (Phi) is 5.28. The quantitative estimate of drug-likeness (QED) is 0.434. The van der Waals surface area contributed by atoms with Crippen molar-refractivity contribution in [1.29, 1.82) is 0 Å². The van der Waals surface area contributed by atoms with Gasteiger partial charge in [0.1, 0.15) is 0 Å². The topological polar surface area (TPSA) is 29.4 Å². The molecule has 0 unspecified atom stereocenters. The molecule has 2 heteroatoms. The van der Waals surface area contributed by atoms with Crippen LogP contribution in [0.2, 0.25) is 0 Å². The Morgan fingerprint density at radius 2 is 1.83 bits per heavy atom. The van der Waals surface area contributed by atoms with Crippen LogP contribution in [-0.4, -0.2) is 18.5 Å². The molecule has 0 atom stereocenters. The third kappa shape index (κ3) is 4.04. The predicted octanol–water partition coefficient (Wildman–Crippen LogP) is 4.65. The molecule has 0 aliphatic carbocycles. The van der Waals surface area contributed by atoms with Crippen LogP contribution in [0, 0.1) is 0 Å². The van der Waals surface area contributed by atoms with Gasteiger partial charge in [-0.15, -0.1) is 6.58 Å². The Labute approximate surface area is 138 Å². The van der Waals surface area contributed by atoms with Gasteiger partial charge in [-0.1, -0.05) is 74.5 Å². The molecule has 0 radical (unpaired) electrons. The Morgan fingerprint density at radius 1 is 1.13 bits per heavy atom. The fraction of sp³-hybridized carbons (Fsp3) is 0.238. The molecule has 0 aromatic heterocycles. The molecule has 0 saturated heterocycles. The smallest absolute Gasteiger partial charge is 0.207 e. The number of ketones is 1. The summed E-state index contributed by atoms with van der Waals surface area (Å²) in [6, 6.07) is 17.6. The molecule has 118 valence electrons. The number of hydrogen-bond donors (Lipinski definition) is 0. The molecule has 0 saturated carbocycles. The van der Waals surface area contributed by atoms with Gasteiger partial charge in [-0.2, -0.15) is 0 Å². The highest BCUT2D eigenvalue weighted by atomic mass is 16.1. The van der Waals surface area contributed by atoms with Crippen molar-refractivity contribution in [3.05, 3.63) is 83.9 Å². The minimum atomic E-state index is -0.0943. The van der Waals surface area contributed by atoms with Crippen LogP contribution < -0.4 is 0 Å². The highest BCUT2D eigenvalue weighted by molar-refractivity contribution is 6.46. The second-order valence-electron chi connectivity index (χ2n) is 6.17. The first-order chi connectivity index (χ1) is 11.0. The molecule has 0 fully saturated rings. The largest absolute Gasteiger partial charge is 0.289 e. The third-order valence-corrected chi connectivity index (χ3v) is 4.12. The summed E-state index contributed by atoms with van der Waals surface area (Å²) in [5, 5.41) is 0. The maximum atomic E-state index is 12.6. The first-order valence-electron chi connectivity index (χ1n) is 7.76. The summed E-state index contributed by atoms with van der Waals surface area (Å²) in [7, 11) is 1.67. The molecule has 0 bridgehead atoms. The normalized spacial score (nSPS) is 12.0. The minimum absolute atomic E-state index is 0.0125. The van der Waals surface area contributed by atoms with Gasteiger partial charge in [0.25, 0.3) is 0 Å². The molecule has 2 nitrogen and oxygen atoms in total. The van der Waals surface area contributed by atoms with Gasteiger partial charge in [0.15, 0.2) is 0 Å². The van der Waals surface area contributed by atoms with Crippen LogP contribution in [0.5, 0.6) is 0 Å². The van der Waals surface area contributed by atoms with Gasteiger partial charge in [0.2, 0.25) is 5.78 Å². The van der Waals surface area contributed by atoms with E-state index in [-0.39, 0.29) is 11.2 Å².